The summed E-state index contributed by atoms with van der Waals surface area (Å²) in [5.74, 6) is 0.0123. The zero-order valence-electron chi connectivity index (χ0n) is 14.7. The van der Waals surface area contributed by atoms with Crippen molar-refractivity contribution in [1.82, 2.24) is 15.6 Å². The van der Waals surface area contributed by atoms with Crippen LogP contribution >= 0.6 is 0 Å². The second kappa shape index (κ2) is 7.63. The molecule has 3 N–H and O–H groups in total. The first-order chi connectivity index (χ1) is 11.4. The third-order valence-electron chi connectivity index (χ3n) is 5.05. The molecule has 130 valence electrons. The number of hydrogen-bond donors (Lipinski definition) is 3. The molecule has 0 aromatic carbocycles. The third kappa shape index (κ3) is 4.24. The second-order valence-electron chi connectivity index (χ2n) is 7.01. The van der Waals surface area contributed by atoms with Crippen LogP contribution in [-0.2, 0) is 11.2 Å². The fourth-order valence-corrected chi connectivity index (χ4v) is 3.27. The van der Waals surface area contributed by atoms with Crippen molar-refractivity contribution < 1.29 is 4.79 Å². The van der Waals surface area contributed by atoms with Gasteiger partial charge >= 0.3 is 0 Å². The predicted octanol–water partition coefficient (Wildman–Crippen LogP) is 1.30. The van der Waals surface area contributed by atoms with Crippen molar-refractivity contribution in [2.45, 2.75) is 46.5 Å². The quantitative estimate of drug-likeness (QED) is 0.758. The van der Waals surface area contributed by atoms with E-state index in [0.29, 0.717) is 24.9 Å². The highest BCUT2D eigenvalue weighted by molar-refractivity contribution is 5.76. The van der Waals surface area contributed by atoms with Crippen molar-refractivity contribution in [3.05, 3.63) is 32.7 Å². The monoisotopic (exact) mass is 330 g/mol. The van der Waals surface area contributed by atoms with Gasteiger partial charge in [-0.15, -0.1) is 0 Å². The standard InChI is InChI=1S/C18H26N4O2/c1-12-14(13(2)22-17(24)15(12)10-19)4-5-16(23)21-11-18(3)6-8-20-9-7-18/h20H,4-9,11H2,1-3H3,(H,21,23)(H,22,24). The van der Waals surface area contributed by atoms with E-state index in [4.69, 9.17) is 5.26 Å². The van der Waals surface area contributed by atoms with Crippen LogP contribution in [0, 0.1) is 30.6 Å². The summed E-state index contributed by atoms with van der Waals surface area (Å²) >= 11 is 0. The summed E-state index contributed by atoms with van der Waals surface area (Å²) in [6, 6.07) is 1.94. The average Bonchev–Trinajstić information content (AvgIpc) is 2.53. The van der Waals surface area contributed by atoms with Crippen molar-refractivity contribution >= 4 is 5.91 Å². The fourth-order valence-electron chi connectivity index (χ4n) is 3.27. The molecule has 24 heavy (non-hydrogen) atoms. The van der Waals surface area contributed by atoms with Crippen molar-refractivity contribution in [2.75, 3.05) is 19.6 Å². The molecule has 0 spiro atoms. The fraction of sp³-hybridized carbons (Fsp3) is 0.611. The van der Waals surface area contributed by atoms with E-state index in [1.165, 1.54) is 0 Å². The van der Waals surface area contributed by atoms with Gasteiger partial charge in [0.05, 0.1) is 0 Å². The number of amides is 1. The lowest BCUT2D eigenvalue weighted by atomic mass is 9.81. The zero-order chi connectivity index (χ0) is 17.7. The number of aromatic nitrogens is 1. The molecule has 6 nitrogen and oxygen atoms in total. The van der Waals surface area contributed by atoms with E-state index in [1.54, 1.807) is 13.8 Å². The van der Waals surface area contributed by atoms with Crippen LogP contribution in [0.4, 0.5) is 0 Å². The van der Waals surface area contributed by atoms with Gasteiger partial charge in [0.2, 0.25) is 5.91 Å². The molecule has 1 amide bonds. The van der Waals surface area contributed by atoms with Gasteiger partial charge in [0.1, 0.15) is 11.6 Å². The molecule has 6 heteroatoms. The molecule has 0 atom stereocenters. The Hall–Kier alpha value is -2.13. The van der Waals surface area contributed by atoms with Crippen LogP contribution in [0.1, 0.15) is 48.6 Å². The van der Waals surface area contributed by atoms with E-state index in [0.717, 1.165) is 37.2 Å². The van der Waals surface area contributed by atoms with Gasteiger partial charge in [-0.1, -0.05) is 6.92 Å². The minimum atomic E-state index is -0.362. The number of rotatable bonds is 5. The number of aryl methyl sites for hydroxylation is 1. The van der Waals surface area contributed by atoms with Crippen LogP contribution < -0.4 is 16.2 Å². The van der Waals surface area contributed by atoms with Crippen LogP contribution in [0.25, 0.3) is 0 Å². The molecule has 2 rings (SSSR count). The topological polar surface area (TPSA) is 97.8 Å². The summed E-state index contributed by atoms with van der Waals surface area (Å²) in [4.78, 5) is 26.6. The minimum absolute atomic E-state index is 0.0123. The lowest BCUT2D eigenvalue weighted by molar-refractivity contribution is -0.121. The summed E-state index contributed by atoms with van der Waals surface area (Å²) in [5, 5.41) is 15.5. The summed E-state index contributed by atoms with van der Waals surface area (Å²) in [7, 11) is 0. The first kappa shape index (κ1) is 18.2. The largest absolute Gasteiger partial charge is 0.356 e. The third-order valence-corrected chi connectivity index (χ3v) is 5.05. The molecule has 1 fully saturated rings. The highest BCUT2D eigenvalue weighted by Crippen LogP contribution is 2.26. The summed E-state index contributed by atoms with van der Waals surface area (Å²) in [6.45, 7) is 8.48. The van der Waals surface area contributed by atoms with Crippen molar-refractivity contribution in [3.8, 4) is 6.07 Å². The number of nitrogens with one attached hydrogen (secondary N) is 3. The molecular formula is C18H26N4O2. The Labute approximate surface area is 142 Å². The number of H-pyrrole nitrogens is 1. The van der Waals surface area contributed by atoms with Crippen molar-refractivity contribution in [1.29, 1.82) is 5.26 Å². The predicted molar refractivity (Wildman–Crippen MR) is 92.8 cm³/mol. The van der Waals surface area contributed by atoms with Crippen LogP contribution in [0.5, 0.6) is 0 Å². The molecule has 1 saturated heterocycles. The maximum atomic E-state index is 12.2. The van der Waals surface area contributed by atoms with Gasteiger partial charge in [0.15, 0.2) is 0 Å². The van der Waals surface area contributed by atoms with E-state index < -0.39 is 0 Å². The molecule has 0 bridgehead atoms. The van der Waals surface area contributed by atoms with Crippen LogP contribution in [-0.4, -0.2) is 30.5 Å². The molecule has 0 unspecified atom stereocenters. The lowest BCUT2D eigenvalue weighted by Crippen LogP contribution is -2.42. The SMILES string of the molecule is Cc1[nH]c(=O)c(C#N)c(C)c1CCC(=O)NCC1(C)CCNCC1. The van der Waals surface area contributed by atoms with Gasteiger partial charge in [-0.05, 0) is 62.7 Å². The first-order valence-electron chi connectivity index (χ1n) is 8.46. The summed E-state index contributed by atoms with van der Waals surface area (Å²) < 4.78 is 0. The second-order valence-corrected chi connectivity index (χ2v) is 7.01. The summed E-state index contributed by atoms with van der Waals surface area (Å²) in [5.41, 5.74) is 2.23. The Morgan fingerprint density at radius 3 is 2.62 bits per heavy atom. The van der Waals surface area contributed by atoms with Gasteiger partial charge in [-0.25, -0.2) is 0 Å². The van der Waals surface area contributed by atoms with E-state index in [2.05, 4.69) is 22.5 Å². The molecule has 0 radical (unpaired) electrons. The first-order valence-corrected chi connectivity index (χ1v) is 8.46. The van der Waals surface area contributed by atoms with Crippen LogP contribution in [0.3, 0.4) is 0 Å². The minimum Gasteiger partial charge on any atom is -0.356 e. The zero-order valence-corrected chi connectivity index (χ0v) is 14.7. The van der Waals surface area contributed by atoms with Gasteiger partial charge in [-0.2, -0.15) is 5.26 Å². The number of pyridine rings is 1. The smallest absolute Gasteiger partial charge is 0.266 e. The number of aromatic amines is 1. The number of carbonyl (C=O) groups excluding carboxylic acids is 1. The molecule has 2 heterocycles. The van der Waals surface area contributed by atoms with Gasteiger partial charge in [-0.3, -0.25) is 9.59 Å². The molecule has 1 aromatic rings. The van der Waals surface area contributed by atoms with Crippen molar-refractivity contribution in [3.63, 3.8) is 0 Å². The average molecular weight is 330 g/mol. The van der Waals surface area contributed by atoms with E-state index in [9.17, 15) is 9.59 Å². The van der Waals surface area contributed by atoms with E-state index in [-0.39, 0.29) is 22.4 Å². The maximum Gasteiger partial charge on any atom is 0.266 e. The number of hydrogen-bond acceptors (Lipinski definition) is 4. The normalized spacial score (nSPS) is 16.4. The molecule has 1 aliphatic rings. The summed E-state index contributed by atoms with van der Waals surface area (Å²) in [6.07, 6.45) is 3.01. The number of carbonyl (C=O) groups is 1. The molecule has 1 aromatic heterocycles. The molecule has 0 aliphatic carbocycles. The maximum absolute atomic E-state index is 12.2. The number of nitriles is 1. The molecular weight excluding hydrogens is 304 g/mol. The Morgan fingerprint density at radius 2 is 2.00 bits per heavy atom. The van der Waals surface area contributed by atoms with Crippen molar-refractivity contribution in [2.24, 2.45) is 5.41 Å². The highest BCUT2D eigenvalue weighted by atomic mass is 16.1. The van der Waals surface area contributed by atoms with Crippen LogP contribution in [0.2, 0.25) is 0 Å². The van der Waals surface area contributed by atoms with Gasteiger partial charge < -0.3 is 15.6 Å². The Balaban J connectivity index is 1.95. The molecule has 1 aliphatic heterocycles. The number of piperidine rings is 1. The Kier molecular flexibility index (Phi) is 5.79. The number of nitrogens with zero attached hydrogens (tertiary/aromatic N) is 1. The van der Waals surface area contributed by atoms with E-state index in [1.807, 2.05) is 6.07 Å². The van der Waals surface area contributed by atoms with Gasteiger partial charge in [0.25, 0.3) is 5.56 Å². The van der Waals surface area contributed by atoms with E-state index >= 15 is 0 Å². The Morgan fingerprint density at radius 1 is 1.33 bits per heavy atom. The van der Waals surface area contributed by atoms with Gasteiger partial charge in [0, 0.05) is 18.7 Å². The highest BCUT2D eigenvalue weighted by Gasteiger charge is 2.27. The molecule has 0 saturated carbocycles. The lowest BCUT2D eigenvalue weighted by Gasteiger charge is -2.34. The Bertz CT molecular complexity index is 709. The van der Waals surface area contributed by atoms with Crippen LogP contribution in [0.15, 0.2) is 4.79 Å².